The summed E-state index contributed by atoms with van der Waals surface area (Å²) >= 11 is 6.62. The van der Waals surface area contributed by atoms with Gasteiger partial charge in [-0.25, -0.2) is 14.4 Å². The molecule has 0 amide bonds. The molecular weight excluding hydrogens is 403 g/mol. The van der Waals surface area contributed by atoms with Crippen molar-refractivity contribution in [1.29, 1.82) is 0 Å². The van der Waals surface area contributed by atoms with E-state index < -0.39 is 0 Å². The van der Waals surface area contributed by atoms with Crippen LogP contribution in [-0.4, -0.2) is 57.9 Å². The zero-order valence-electron chi connectivity index (χ0n) is 17.1. The van der Waals surface area contributed by atoms with Gasteiger partial charge in [-0.1, -0.05) is 11.6 Å². The van der Waals surface area contributed by atoms with Crippen molar-refractivity contribution >= 4 is 39.2 Å². The Morgan fingerprint density at radius 1 is 1.20 bits per heavy atom. The second kappa shape index (κ2) is 7.18. The number of hydrogen-bond donors (Lipinski definition) is 0. The lowest BCUT2D eigenvalue weighted by Crippen LogP contribution is -2.31. The number of aromatic nitrogens is 4. The van der Waals surface area contributed by atoms with Gasteiger partial charge in [-0.2, -0.15) is 5.10 Å². The fraction of sp³-hybridized carbons (Fsp3) is 0.318. The normalized spacial score (nSPS) is 17.0. The Hall–Kier alpha value is -2.77. The highest BCUT2D eigenvalue weighted by Crippen LogP contribution is 2.32. The van der Waals surface area contributed by atoms with E-state index in [4.69, 9.17) is 11.6 Å². The van der Waals surface area contributed by atoms with E-state index in [0.717, 1.165) is 36.0 Å². The van der Waals surface area contributed by atoms with Crippen molar-refractivity contribution in [2.75, 3.05) is 32.1 Å². The second-order valence-corrected chi connectivity index (χ2v) is 8.51. The van der Waals surface area contributed by atoms with E-state index in [-0.39, 0.29) is 5.82 Å². The van der Waals surface area contributed by atoms with E-state index in [0.29, 0.717) is 33.5 Å². The lowest BCUT2D eigenvalue weighted by molar-refractivity contribution is 0.315. The first-order valence-corrected chi connectivity index (χ1v) is 10.3. The van der Waals surface area contributed by atoms with Crippen molar-refractivity contribution in [3.8, 4) is 11.3 Å². The van der Waals surface area contributed by atoms with Crippen LogP contribution in [0.1, 0.15) is 6.42 Å². The summed E-state index contributed by atoms with van der Waals surface area (Å²) in [5, 5.41) is 6.23. The SMILES string of the molecule is CN(C)[C@H]1CCN(c2cnc3nc(-c4cc(F)c5nn(C)cc5c4)cc(Cl)c3c2)C1. The molecule has 30 heavy (non-hydrogen) atoms. The van der Waals surface area contributed by atoms with Gasteiger partial charge in [0.2, 0.25) is 0 Å². The molecular formula is C22H22ClFN6. The van der Waals surface area contributed by atoms with E-state index in [1.54, 1.807) is 24.0 Å². The van der Waals surface area contributed by atoms with Crippen LogP contribution in [0.25, 0.3) is 33.2 Å². The maximum Gasteiger partial charge on any atom is 0.161 e. The third-order valence-electron chi connectivity index (χ3n) is 5.83. The van der Waals surface area contributed by atoms with Gasteiger partial charge in [0.05, 0.1) is 22.6 Å². The Labute approximate surface area is 178 Å². The monoisotopic (exact) mass is 424 g/mol. The summed E-state index contributed by atoms with van der Waals surface area (Å²) in [5.41, 5.74) is 3.18. The standard InChI is InChI=1S/C22H22ClFN6/c1-28(2)15-4-5-30(12-15)16-8-17-18(23)9-20(26-22(17)25-10-16)13-6-14-11-29(3)27-21(14)19(24)7-13/h6-11,15H,4-5,12H2,1-3H3/t15-/m0/s1. The number of fused-ring (bicyclic) bond motifs is 2. The molecule has 4 heterocycles. The van der Waals surface area contributed by atoms with E-state index in [1.165, 1.54) is 6.07 Å². The summed E-state index contributed by atoms with van der Waals surface area (Å²) in [7, 11) is 5.99. The quantitative estimate of drug-likeness (QED) is 0.495. The molecule has 0 aliphatic carbocycles. The Kier molecular flexibility index (Phi) is 4.60. The molecule has 1 fully saturated rings. The van der Waals surface area contributed by atoms with Gasteiger partial charge in [-0.15, -0.1) is 0 Å². The molecule has 0 unspecified atom stereocenters. The van der Waals surface area contributed by atoms with Gasteiger partial charge in [-0.05, 0) is 44.8 Å². The number of halogens is 2. The van der Waals surface area contributed by atoms with Gasteiger partial charge in [0.15, 0.2) is 11.5 Å². The van der Waals surface area contributed by atoms with Crippen molar-refractivity contribution in [2.24, 2.45) is 7.05 Å². The van der Waals surface area contributed by atoms with E-state index in [1.807, 2.05) is 18.3 Å². The smallest absolute Gasteiger partial charge is 0.161 e. The molecule has 1 saturated heterocycles. The van der Waals surface area contributed by atoms with Crippen molar-refractivity contribution in [1.82, 2.24) is 24.6 Å². The molecule has 0 N–H and O–H groups in total. The highest BCUT2D eigenvalue weighted by molar-refractivity contribution is 6.35. The molecule has 1 aliphatic heterocycles. The Balaban J connectivity index is 1.53. The Bertz CT molecular complexity index is 1270. The summed E-state index contributed by atoms with van der Waals surface area (Å²) in [6.45, 7) is 1.96. The van der Waals surface area contributed by atoms with Crippen LogP contribution in [0.15, 0.2) is 36.7 Å². The first kappa shape index (κ1) is 19.2. The lowest BCUT2D eigenvalue weighted by Gasteiger charge is -2.21. The molecule has 0 spiro atoms. The number of benzene rings is 1. The fourth-order valence-corrected chi connectivity index (χ4v) is 4.38. The van der Waals surface area contributed by atoms with Crippen molar-refractivity contribution in [3.63, 3.8) is 0 Å². The van der Waals surface area contributed by atoms with Gasteiger partial charge >= 0.3 is 0 Å². The molecule has 8 heteroatoms. The number of hydrogen-bond acceptors (Lipinski definition) is 5. The minimum Gasteiger partial charge on any atom is -0.369 e. The molecule has 154 valence electrons. The van der Waals surface area contributed by atoms with E-state index in [9.17, 15) is 4.39 Å². The van der Waals surface area contributed by atoms with Crippen molar-refractivity contribution in [3.05, 3.63) is 47.5 Å². The summed E-state index contributed by atoms with van der Waals surface area (Å²) < 4.78 is 16.1. The number of anilines is 1. The average molecular weight is 425 g/mol. The van der Waals surface area contributed by atoms with Crippen LogP contribution in [0.4, 0.5) is 10.1 Å². The number of rotatable bonds is 3. The molecule has 1 aromatic carbocycles. The summed E-state index contributed by atoms with van der Waals surface area (Å²) in [6.07, 6.45) is 4.75. The highest BCUT2D eigenvalue weighted by atomic mass is 35.5. The van der Waals surface area contributed by atoms with Gasteiger partial charge in [0.1, 0.15) is 5.52 Å². The molecule has 5 rings (SSSR count). The van der Waals surface area contributed by atoms with Gasteiger partial charge in [0.25, 0.3) is 0 Å². The van der Waals surface area contributed by atoms with Gasteiger partial charge in [0, 0.05) is 48.7 Å². The predicted molar refractivity (Wildman–Crippen MR) is 119 cm³/mol. The maximum absolute atomic E-state index is 14.5. The molecule has 0 bridgehead atoms. The molecule has 0 saturated carbocycles. The topological polar surface area (TPSA) is 50.1 Å². The van der Waals surface area contributed by atoms with Gasteiger partial charge in [-0.3, -0.25) is 4.68 Å². The number of pyridine rings is 2. The van der Waals surface area contributed by atoms with Crippen LogP contribution < -0.4 is 4.90 Å². The predicted octanol–water partition coefficient (Wildman–Crippen LogP) is 4.12. The first-order valence-electron chi connectivity index (χ1n) is 9.90. The first-order chi connectivity index (χ1) is 14.4. The third-order valence-corrected chi connectivity index (χ3v) is 6.14. The van der Waals surface area contributed by atoms with Crippen molar-refractivity contribution in [2.45, 2.75) is 12.5 Å². The Morgan fingerprint density at radius 2 is 2.03 bits per heavy atom. The van der Waals surface area contributed by atoms with Crippen LogP contribution >= 0.6 is 11.6 Å². The zero-order valence-corrected chi connectivity index (χ0v) is 17.9. The lowest BCUT2D eigenvalue weighted by atomic mass is 10.1. The van der Waals surface area contributed by atoms with Crippen LogP contribution in [0.3, 0.4) is 0 Å². The number of aryl methyl sites for hydroxylation is 1. The maximum atomic E-state index is 14.5. The minimum absolute atomic E-state index is 0.345. The molecule has 1 aliphatic rings. The largest absolute Gasteiger partial charge is 0.369 e. The molecule has 0 radical (unpaired) electrons. The van der Waals surface area contributed by atoms with E-state index >= 15 is 0 Å². The second-order valence-electron chi connectivity index (χ2n) is 8.10. The van der Waals surface area contributed by atoms with Crippen LogP contribution in [0, 0.1) is 5.82 Å². The number of likely N-dealkylation sites (N-methyl/N-ethyl adjacent to an activating group) is 1. The molecule has 6 nitrogen and oxygen atoms in total. The fourth-order valence-electron chi connectivity index (χ4n) is 4.13. The van der Waals surface area contributed by atoms with E-state index in [2.05, 4.69) is 39.0 Å². The van der Waals surface area contributed by atoms with Gasteiger partial charge < -0.3 is 9.80 Å². The van der Waals surface area contributed by atoms with Crippen molar-refractivity contribution < 1.29 is 4.39 Å². The Morgan fingerprint density at radius 3 is 2.80 bits per heavy atom. The third kappa shape index (κ3) is 3.28. The van der Waals surface area contributed by atoms with Crippen LogP contribution in [0.2, 0.25) is 5.02 Å². The molecule has 1 atom stereocenters. The summed E-state index contributed by atoms with van der Waals surface area (Å²) in [4.78, 5) is 13.8. The average Bonchev–Trinajstić information content (AvgIpc) is 3.34. The van der Waals surface area contributed by atoms with Crippen LogP contribution in [-0.2, 0) is 7.05 Å². The zero-order chi connectivity index (χ0) is 21.0. The summed E-state index contributed by atoms with van der Waals surface area (Å²) in [5.74, 6) is -0.381. The summed E-state index contributed by atoms with van der Waals surface area (Å²) in [6, 6.07) is 7.67. The minimum atomic E-state index is -0.381. The molecule has 3 aromatic heterocycles. The van der Waals surface area contributed by atoms with Crippen LogP contribution in [0.5, 0.6) is 0 Å². The number of nitrogens with zero attached hydrogens (tertiary/aromatic N) is 6. The molecule has 4 aromatic rings. The highest BCUT2D eigenvalue weighted by Gasteiger charge is 2.24.